The first kappa shape index (κ1) is 15.0. The number of ether oxygens (including phenoxy) is 1. The van der Waals surface area contributed by atoms with Crippen molar-refractivity contribution in [2.45, 2.75) is 56.5 Å². The molecule has 2 N–H and O–H groups in total. The number of carboxylic acids is 1. The minimum atomic E-state index is -0.621. The number of hydrogen-bond acceptors (Lipinski definition) is 3. The molecule has 1 aromatic rings. The van der Waals surface area contributed by atoms with Gasteiger partial charge in [-0.25, -0.2) is 0 Å². The van der Waals surface area contributed by atoms with Gasteiger partial charge >= 0.3 is 5.97 Å². The average molecular weight is 315 g/mol. The first-order chi connectivity index (χ1) is 11.2. The first-order valence-electron chi connectivity index (χ1n) is 8.90. The summed E-state index contributed by atoms with van der Waals surface area (Å²) in [4.78, 5) is 11.2. The van der Waals surface area contributed by atoms with Crippen LogP contribution in [0.2, 0.25) is 0 Å². The molecule has 23 heavy (non-hydrogen) atoms. The van der Waals surface area contributed by atoms with Crippen LogP contribution in [0, 0.1) is 5.92 Å². The van der Waals surface area contributed by atoms with Crippen LogP contribution in [0.3, 0.4) is 0 Å². The predicted molar refractivity (Wildman–Crippen MR) is 87.9 cm³/mol. The van der Waals surface area contributed by atoms with Crippen LogP contribution in [-0.2, 0) is 16.6 Å². The molecule has 4 heteroatoms. The summed E-state index contributed by atoms with van der Waals surface area (Å²) in [5.41, 5.74) is 3.08. The minimum absolute atomic E-state index is 0.145. The summed E-state index contributed by atoms with van der Waals surface area (Å²) < 4.78 is 6.14. The fourth-order valence-electron chi connectivity index (χ4n) is 4.71. The third kappa shape index (κ3) is 2.74. The van der Waals surface area contributed by atoms with Crippen molar-refractivity contribution in [1.29, 1.82) is 0 Å². The van der Waals surface area contributed by atoms with Gasteiger partial charge in [-0.05, 0) is 80.2 Å². The Balaban J connectivity index is 1.54. The molecule has 0 unspecified atom stereocenters. The van der Waals surface area contributed by atoms with E-state index < -0.39 is 5.97 Å². The van der Waals surface area contributed by atoms with Crippen LogP contribution in [0.25, 0.3) is 0 Å². The molecule has 1 atom stereocenters. The molecule has 4 rings (SSSR count). The molecule has 124 valence electrons. The molecule has 0 radical (unpaired) electrons. The van der Waals surface area contributed by atoms with E-state index in [0.717, 1.165) is 57.4 Å². The van der Waals surface area contributed by atoms with Gasteiger partial charge in [-0.1, -0.05) is 6.07 Å². The van der Waals surface area contributed by atoms with Gasteiger partial charge in [0.05, 0.1) is 5.92 Å². The molecule has 1 saturated carbocycles. The summed E-state index contributed by atoms with van der Waals surface area (Å²) in [7, 11) is 0. The van der Waals surface area contributed by atoms with Gasteiger partial charge in [0.15, 0.2) is 0 Å². The summed E-state index contributed by atoms with van der Waals surface area (Å²) in [6, 6.07) is 6.59. The van der Waals surface area contributed by atoms with Gasteiger partial charge in [-0.2, -0.15) is 0 Å². The molecular formula is C19H25NO3. The lowest BCUT2D eigenvalue weighted by Crippen LogP contribution is -2.32. The van der Waals surface area contributed by atoms with E-state index in [4.69, 9.17) is 4.74 Å². The number of fused-ring (bicyclic) bond motifs is 2. The molecule has 1 heterocycles. The number of carbonyl (C=O) groups is 1. The Hall–Kier alpha value is -1.55. The zero-order valence-corrected chi connectivity index (χ0v) is 13.5. The maximum absolute atomic E-state index is 11.2. The number of aliphatic carboxylic acids is 1. The largest absolute Gasteiger partial charge is 0.489 e. The quantitative estimate of drug-likeness (QED) is 0.900. The van der Waals surface area contributed by atoms with E-state index in [0.29, 0.717) is 0 Å². The lowest BCUT2D eigenvalue weighted by molar-refractivity contribution is -0.143. The van der Waals surface area contributed by atoms with Crippen LogP contribution < -0.4 is 10.1 Å². The van der Waals surface area contributed by atoms with Crippen LogP contribution in [0.1, 0.15) is 49.7 Å². The van der Waals surface area contributed by atoms with Crippen molar-refractivity contribution in [2.75, 3.05) is 13.1 Å². The van der Waals surface area contributed by atoms with Gasteiger partial charge in [-0.3, -0.25) is 4.79 Å². The summed E-state index contributed by atoms with van der Waals surface area (Å²) in [6.45, 7) is 1.97. The van der Waals surface area contributed by atoms with E-state index in [1.54, 1.807) is 0 Å². The second kappa shape index (κ2) is 5.82. The standard InChI is InChI=1S/C19H25NO3/c21-18(22)14-4-8-19(9-5-14)7-3-13-1-2-15(11-17(13)19)23-16-6-10-20-12-16/h1-2,11,14,16,20H,3-10,12H2,(H,21,22)/t14?,16-,19?/m0/s1. The van der Waals surface area contributed by atoms with E-state index in [-0.39, 0.29) is 17.4 Å². The maximum Gasteiger partial charge on any atom is 0.306 e. The van der Waals surface area contributed by atoms with E-state index in [9.17, 15) is 9.90 Å². The topological polar surface area (TPSA) is 58.6 Å². The Morgan fingerprint density at radius 1 is 1.22 bits per heavy atom. The summed E-state index contributed by atoms with van der Waals surface area (Å²) in [5.74, 6) is 0.219. The van der Waals surface area contributed by atoms with Crippen molar-refractivity contribution in [3.8, 4) is 5.75 Å². The van der Waals surface area contributed by atoms with Gasteiger partial charge in [0, 0.05) is 6.54 Å². The molecule has 0 aromatic heterocycles. The highest BCUT2D eigenvalue weighted by Crippen LogP contribution is 2.50. The van der Waals surface area contributed by atoms with E-state index in [1.165, 1.54) is 17.5 Å². The molecule has 1 spiro atoms. The third-order valence-electron chi connectivity index (χ3n) is 6.14. The monoisotopic (exact) mass is 315 g/mol. The summed E-state index contributed by atoms with van der Waals surface area (Å²) >= 11 is 0. The van der Waals surface area contributed by atoms with E-state index in [2.05, 4.69) is 23.5 Å². The van der Waals surface area contributed by atoms with Gasteiger partial charge in [-0.15, -0.1) is 0 Å². The molecular weight excluding hydrogens is 290 g/mol. The minimum Gasteiger partial charge on any atom is -0.489 e. The van der Waals surface area contributed by atoms with E-state index >= 15 is 0 Å². The lowest BCUT2D eigenvalue weighted by atomic mass is 9.67. The van der Waals surface area contributed by atoms with Crippen LogP contribution >= 0.6 is 0 Å². The summed E-state index contributed by atoms with van der Waals surface area (Å²) in [6.07, 6.45) is 7.28. The maximum atomic E-state index is 11.2. The van der Waals surface area contributed by atoms with Crippen molar-refractivity contribution in [3.05, 3.63) is 29.3 Å². The number of aryl methyl sites for hydroxylation is 1. The molecule has 2 fully saturated rings. The highest BCUT2D eigenvalue weighted by molar-refractivity contribution is 5.70. The zero-order valence-electron chi connectivity index (χ0n) is 13.5. The van der Waals surface area contributed by atoms with Gasteiger partial charge in [0.25, 0.3) is 0 Å². The normalized spacial score (nSPS) is 32.9. The Bertz CT molecular complexity index is 599. The Kier molecular flexibility index (Phi) is 3.80. The van der Waals surface area contributed by atoms with Gasteiger partial charge in [0.1, 0.15) is 11.9 Å². The van der Waals surface area contributed by atoms with Crippen molar-refractivity contribution >= 4 is 5.97 Å². The van der Waals surface area contributed by atoms with Crippen LogP contribution in [0.15, 0.2) is 18.2 Å². The highest BCUT2D eigenvalue weighted by Gasteiger charge is 2.43. The molecule has 4 nitrogen and oxygen atoms in total. The first-order valence-corrected chi connectivity index (χ1v) is 8.90. The van der Waals surface area contributed by atoms with E-state index in [1.807, 2.05) is 0 Å². The second-order valence-electron chi connectivity index (χ2n) is 7.44. The number of nitrogens with one attached hydrogen (secondary N) is 1. The van der Waals surface area contributed by atoms with Gasteiger partial charge < -0.3 is 15.2 Å². The van der Waals surface area contributed by atoms with Crippen LogP contribution in [-0.4, -0.2) is 30.3 Å². The lowest BCUT2D eigenvalue weighted by Gasteiger charge is -2.37. The fourth-order valence-corrected chi connectivity index (χ4v) is 4.71. The number of rotatable bonds is 3. The number of benzene rings is 1. The molecule has 0 bridgehead atoms. The van der Waals surface area contributed by atoms with Gasteiger partial charge in [0.2, 0.25) is 0 Å². The molecule has 1 saturated heterocycles. The van der Waals surface area contributed by atoms with Crippen molar-refractivity contribution in [1.82, 2.24) is 5.32 Å². The zero-order chi connectivity index (χ0) is 15.9. The molecule has 3 aliphatic rings. The molecule has 0 amide bonds. The SMILES string of the molecule is O=C(O)C1CCC2(CCc3ccc(O[C@H]4CCNC4)cc32)CC1. The molecule has 1 aromatic carbocycles. The number of carboxylic acid groups (broad SMARTS) is 1. The predicted octanol–water partition coefficient (Wildman–Crippen LogP) is 2.89. The molecule has 2 aliphatic carbocycles. The van der Waals surface area contributed by atoms with Crippen LogP contribution in [0.5, 0.6) is 5.75 Å². The highest BCUT2D eigenvalue weighted by atomic mass is 16.5. The van der Waals surface area contributed by atoms with Crippen molar-refractivity contribution in [2.24, 2.45) is 5.92 Å². The second-order valence-corrected chi connectivity index (χ2v) is 7.44. The van der Waals surface area contributed by atoms with Crippen molar-refractivity contribution < 1.29 is 14.6 Å². The third-order valence-corrected chi connectivity index (χ3v) is 6.14. The average Bonchev–Trinajstić information content (AvgIpc) is 3.18. The van der Waals surface area contributed by atoms with Crippen LogP contribution in [0.4, 0.5) is 0 Å². The Labute approximate surface area is 137 Å². The summed E-state index contributed by atoms with van der Waals surface area (Å²) in [5, 5.41) is 12.6. The Morgan fingerprint density at radius 2 is 2.04 bits per heavy atom. The number of hydrogen-bond donors (Lipinski definition) is 2. The smallest absolute Gasteiger partial charge is 0.306 e. The van der Waals surface area contributed by atoms with Crippen molar-refractivity contribution in [3.63, 3.8) is 0 Å². The fraction of sp³-hybridized carbons (Fsp3) is 0.632. The Morgan fingerprint density at radius 3 is 2.74 bits per heavy atom. The molecule has 1 aliphatic heterocycles.